The quantitative estimate of drug-likeness (QED) is 0.921. The van der Waals surface area contributed by atoms with Gasteiger partial charge in [0.25, 0.3) is 0 Å². The van der Waals surface area contributed by atoms with Gasteiger partial charge in [0, 0.05) is 9.37 Å². The molecule has 98 valence electrons. The Balaban J connectivity index is 1.97. The van der Waals surface area contributed by atoms with Crippen LogP contribution < -0.4 is 0 Å². The first kappa shape index (κ1) is 12.6. The third kappa shape index (κ3) is 2.50. The summed E-state index contributed by atoms with van der Waals surface area (Å²) in [4.78, 5) is 11.9. The van der Waals surface area contributed by atoms with Crippen molar-refractivity contribution in [2.24, 2.45) is 0 Å². The summed E-state index contributed by atoms with van der Waals surface area (Å²) in [7, 11) is 0. The number of nitrogens with zero attached hydrogens (tertiary/aromatic N) is 4. The highest BCUT2D eigenvalue weighted by Gasteiger charge is 2.28. The first-order chi connectivity index (χ1) is 9.16. The molecule has 6 nitrogen and oxygen atoms in total. The smallest absolute Gasteiger partial charge is 0.338 e. The third-order valence-electron chi connectivity index (χ3n) is 2.75. The number of carbonyl (C=O) groups is 1. The van der Waals surface area contributed by atoms with Crippen molar-refractivity contribution in [1.82, 2.24) is 20.2 Å². The summed E-state index contributed by atoms with van der Waals surface area (Å²) < 4.78 is 2.31. The van der Waals surface area contributed by atoms with Gasteiger partial charge in [-0.05, 0) is 63.1 Å². The molecule has 0 aliphatic heterocycles. The lowest BCUT2D eigenvalue weighted by molar-refractivity contribution is 0.0692. The number of aromatic carboxylic acids is 1. The highest BCUT2D eigenvalue weighted by Crippen LogP contribution is 2.39. The van der Waals surface area contributed by atoms with Crippen molar-refractivity contribution in [1.29, 1.82) is 0 Å². The zero-order valence-electron chi connectivity index (χ0n) is 9.65. The zero-order valence-corrected chi connectivity index (χ0v) is 12.1. The Morgan fingerprint density at radius 3 is 2.95 bits per heavy atom. The topological polar surface area (TPSA) is 80.9 Å². The molecule has 0 spiro atoms. The van der Waals surface area contributed by atoms with Gasteiger partial charge in [0.05, 0.1) is 11.6 Å². The molecule has 1 N–H and O–H groups in total. The highest BCUT2D eigenvalue weighted by atomic mass is 79.9. The van der Waals surface area contributed by atoms with Crippen molar-refractivity contribution in [3.63, 3.8) is 0 Å². The minimum Gasteiger partial charge on any atom is -0.478 e. The van der Waals surface area contributed by atoms with Crippen LogP contribution in [0.25, 0.3) is 0 Å². The van der Waals surface area contributed by atoms with Crippen molar-refractivity contribution in [3.05, 3.63) is 28.2 Å². The number of tetrazole rings is 1. The summed E-state index contributed by atoms with van der Waals surface area (Å²) in [6.07, 6.45) is 2.14. The molecule has 1 fully saturated rings. The van der Waals surface area contributed by atoms with Gasteiger partial charge in [0.2, 0.25) is 5.16 Å². The van der Waals surface area contributed by atoms with Gasteiger partial charge >= 0.3 is 5.97 Å². The first-order valence-corrected chi connectivity index (χ1v) is 7.25. The molecule has 1 aliphatic rings. The van der Waals surface area contributed by atoms with Gasteiger partial charge in [0.1, 0.15) is 0 Å². The van der Waals surface area contributed by atoms with Gasteiger partial charge in [-0.3, -0.25) is 0 Å². The van der Waals surface area contributed by atoms with Crippen molar-refractivity contribution < 1.29 is 9.90 Å². The number of benzene rings is 1. The van der Waals surface area contributed by atoms with E-state index in [0.29, 0.717) is 20.6 Å². The largest absolute Gasteiger partial charge is 0.478 e. The molecule has 8 heteroatoms. The summed E-state index contributed by atoms with van der Waals surface area (Å²) in [6, 6.07) is 5.62. The molecule has 1 aromatic heterocycles. The Kier molecular flexibility index (Phi) is 3.28. The molecule has 0 bridgehead atoms. The van der Waals surface area contributed by atoms with Crippen LogP contribution in [-0.4, -0.2) is 31.3 Å². The van der Waals surface area contributed by atoms with Gasteiger partial charge in [-0.1, -0.05) is 6.07 Å². The maximum absolute atomic E-state index is 11.3. The normalized spacial score (nSPS) is 14.6. The van der Waals surface area contributed by atoms with Crippen molar-refractivity contribution in [2.45, 2.75) is 28.9 Å². The van der Waals surface area contributed by atoms with E-state index in [1.165, 1.54) is 11.8 Å². The van der Waals surface area contributed by atoms with Crippen LogP contribution in [0.4, 0.5) is 0 Å². The molecule has 19 heavy (non-hydrogen) atoms. The number of rotatable bonds is 4. The minimum atomic E-state index is -0.972. The zero-order chi connectivity index (χ0) is 13.4. The van der Waals surface area contributed by atoms with Crippen LogP contribution >= 0.6 is 27.7 Å². The highest BCUT2D eigenvalue weighted by molar-refractivity contribution is 9.10. The second-order valence-corrected chi connectivity index (χ2v) is 6.02. The van der Waals surface area contributed by atoms with Crippen LogP contribution in [0.5, 0.6) is 0 Å². The second-order valence-electron chi connectivity index (χ2n) is 4.16. The minimum absolute atomic E-state index is 0.234. The molecule has 0 unspecified atom stereocenters. The average molecular weight is 341 g/mol. The molecule has 1 saturated carbocycles. The maximum Gasteiger partial charge on any atom is 0.338 e. The van der Waals surface area contributed by atoms with Gasteiger partial charge in [0.15, 0.2) is 0 Å². The van der Waals surface area contributed by atoms with E-state index in [9.17, 15) is 9.90 Å². The van der Waals surface area contributed by atoms with Gasteiger partial charge in [-0.2, -0.15) is 0 Å². The van der Waals surface area contributed by atoms with E-state index in [0.717, 1.165) is 12.8 Å². The fourth-order valence-corrected chi connectivity index (χ4v) is 3.36. The van der Waals surface area contributed by atoms with Crippen molar-refractivity contribution in [2.75, 3.05) is 0 Å². The Morgan fingerprint density at radius 2 is 2.26 bits per heavy atom. The van der Waals surface area contributed by atoms with Crippen LogP contribution in [0.15, 0.2) is 32.7 Å². The van der Waals surface area contributed by atoms with Crippen LogP contribution in [0, 0.1) is 0 Å². The number of carboxylic acid groups (broad SMARTS) is 1. The van der Waals surface area contributed by atoms with Gasteiger partial charge in [-0.25, -0.2) is 9.48 Å². The van der Waals surface area contributed by atoms with Crippen LogP contribution in [0.3, 0.4) is 0 Å². The molecular weight excluding hydrogens is 332 g/mol. The van der Waals surface area contributed by atoms with Crippen LogP contribution in [-0.2, 0) is 0 Å². The predicted molar refractivity (Wildman–Crippen MR) is 71.3 cm³/mol. The molecule has 1 heterocycles. The molecule has 0 saturated heterocycles. The monoisotopic (exact) mass is 340 g/mol. The summed E-state index contributed by atoms with van der Waals surface area (Å²) in [5.74, 6) is -0.972. The first-order valence-electron chi connectivity index (χ1n) is 5.64. The van der Waals surface area contributed by atoms with E-state index >= 15 is 0 Å². The SMILES string of the molecule is O=C(O)c1c(Br)cccc1Sc1nnnn1C1CC1. The Hall–Kier alpha value is -1.41. The number of hydrogen-bond donors (Lipinski definition) is 1. The van der Waals surface area contributed by atoms with Crippen molar-refractivity contribution in [3.8, 4) is 0 Å². The Bertz CT molecular complexity index is 641. The summed E-state index contributed by atoms with van der Waals surface area (Å²) in [6.45, 7) is 0. The number of halogens is 1. The van der Waals surface area contributed by atoms with Crippen LogP contribution in [0.1, 0.15) is 29.2 Å². The maximum atomic E-state index is 11.3. The summed E-state index contributed by atoms with van der Waals surface area (Å²) in [5.41, 5.74) is 0.234. The van der Waals surface area contributed by atoms with E-state index in [2.05, 4.69) is 31.5 Å². The molecule has 2 aromatic rings. The number of carboxylic acids is 1. The van der Waals surface area contributed by atoms with E-state index in [1.54, 1.807) is 22.9 Å². The molecule has 1 aliphatic carbocycles. The molecule has 1 aromatic carbocycles. The number of aromatic nitrogens is 4. The van der Waals surface area contributed by atoms with Gasteiger partial charge < -0.3 is 5.11 Å². The summed E-state index contributed by atoms with van der Waals surface area (Å²) in [5, 5.41) is 21.5. The molecule has 0 radical (unpaired) electrons. The van der Waals surface area contributed by atoms with Gasteiger partial charge in [-0.15, -0.1) is 5.10 Å². The molecule has 0 atom stereocenters. The molecule has 3 rings (SSSR count). The Labute approximate surface area is 121 Å². The lowest BCUT2D eigenvalue weighted by Crippen LogP contribution is -2.02. The van der Waals surface area contributed by atoms with E-state index in [-0.39, 0.29) is 5.56 Å². The van der Waals surface area contributed by atoms with E-state index < -0.39 is 5.97 Å². The van der Waals surface area contributed by atoms with E-state index in [1.807, 2.05) is 0 Å². The molecule has 0 amide bonds. The Morgan fingerprint density at radius 1 is 1.47 bits per heavy atom. The van der Waals surface area contributed by atoms with E-state index in [4.69, 9.17) is 0 Å². The average Bonchev–Trinajstić information content (AvgIpc) is 3.10. The number of hydrogen-bond acceptors (Lipinski definition) is 5. The lowest BCUT2D eigenvalue weighted by Gasteiger charge is -2.07. The standard InChI is InChI=1S/C11H9BrN4O2S/c12-7-2-1-3-8(9(7)10(17)18)19-11-13-14-15-16(11)6-4-5-6/h1-3,6H,4-5H2,(H,17,18). The fourth-order valence-electron chi connectivity index (χ4n) is 1.70. The van der Waals surface area contributed by atoms with Crippen LogP contribution in [0.2, 0.25) is 0 Å². The third-order valence-corrected chi connectivity index (χ3v) is 4.42. The fraction of sp³-hybridized carbons (Fsp3) is 0.273. The lowest BCUT2D eigenvalue weighted by atomic mass is 10.2. The second kappa shape index (κ2) is 4.93. The predicted octanol–water partition coefficient (Wildman–Crippen LogP) is 2.62. The summed E-state index contributed by atoms with van der Waals surface area (Å²) >= 11 is 4.53. The molecular formula is C11H9BrN4O2S. The van der Waals surface area contributed by atoms with Crippen molar-refractivity contribution >= 4 is 33.7 Å².